The van der Waals surface area contributed by atoms with E-state index in [-0.39, 0.29) is 17.9 Å². The van der Waals surface area contributed by atoms with Crippen LogP contribution in [0.4, 0.5) is 5.69 Å². The molecule has 0 bridgehead atoms. The van der Waals surface area contributed by atoms with Gasteiger partial charge in [0, 0.05) is 22.7 Å². The fourth-order valence-electron chi connectivity index (χ4n) is 2.06. The molecule has 0 saturated carbocycles. The molecule has 0 aliphatic rings. The molecule has 0 atom stereocenters. The van der Waals surface area contributed by atoms with Crippen molar-refractivity contribution in [3.8, 4) is 0 Å². The minimum atomic E-state index is -0.358. The molecule has 4 nitrogen and oxygen atoms in total. The zero-order chi connectivity index (χ0) is 18.4. The maximum absolute atomic E-state index is 12.1. The maximum atomic E-state index is 12.1. The number of hydrogen-bond acceptors (Lipinski definition) is 2. The number of carbonyl (C=O) groups excluding carboxylic acids is 2. The Hall–Kier alpha value is -2.30. The third-order valence-electron chi connectivity index (χ3n) is 3.18. The third-order valence-corrected chi connectivity index (χ3v) is 3.75. The van der Waals surface area contributed by atoms with E-state index in [1.54, 1.807) is 42.5 Å². The average molecular weight is 377 g/mol. The van der Waals surface area contributed by atoms with Crippen molar-refractivity contribution in [3.05, 3.63) is 69.7 Å². The molecule has 0 fully saturated rings. The van der Waals surface area contributed by atoms with Crippen LogP contribution in [0.15, 0.2) is 48.5 Å². The number of carbonyl (C=O) groups is 2. The van der Waals surface area contributed by atoms with Gasteiger partial charge in [0.1, 0.15) is 0 Å². The van der Waals surface area contributed by atoms with Gasteiger partial charge in [-0.3, -0.25) is 9.59 Å². The van der Waals surface area contributed by atoms with Crippen molar-refractivity contribution in [2.24, 2.45) is 0 Å². The molecule has 0 unspecified atom stereocenters. The number of nitrogens with one attached hydrogen (secondary N) is 2. The summed E-state index contributed by atoms with van der Waals surface area (Å²) in [6.45, 7) is 3.74. The Morgan fingerprint density at radius 3 is 2.52 bits per heavy atom. The van der Waals surface area contributed by atoms with Crippen molar-refractivity contribution < 1.29 is 9.59 Å². The summed E-state index contributed by atoms with van der Waals surface area (Å²) < 4.78 is 0. The summed E-state index contributed by atoms with van der Waals surface area (Å²) in [5, 5.41) is 6.41. The monoisotopic (exact) mass is 376 g/mol. The molecule has 0 radical (unpaired) electrons. The van der Waals surface area contributed by atoms with Gasteiger partial charge < -0.3 is 10.6 Å². The second-order valence-corrected chi connectivity index (χ2v) is 6.54. The SMILES string of the molecule is CC(C)NC(=O)c1ccc(Cl)c(NC(=O)/C=C/c2cccc(Cl)c2)c1. The number of rotatable bonds is 5. The fraction of sp³-hybridized carbons (Fsp3) is 0.158. The predicted molar refractivity (Wildman–Crippen MR) is 103 cm³/mol. The Balaban J connectivity index is 2.10. The lowest BCUT2D eigenvalue weighted by Gasteiger charge is -2.11. The maximum Gasteiger partial charge on any atom is 0.251 e. The van der Waals surface area contributed by atoms with Gasteiger partial charge in [0.05, 0.1) is 10.7 Å². The highest BCUT2D eigenvalue weighted by Gasteiger charge is 2.11. The average Bonchev–Trinajstić information content (AvgIpc) is 2.54. The Morgan fingerprint density at radius 1 is 1.08 bits per heavy atom. The molecule has 0 aromatic heterocycles. The minimum absolute atomic E-state index is 0.0156. The van der Waals surface area contributed by atoms with Crippen molar-refractivity contribution in [3.63, 3.8) is 0 Å². The van der Waals surface area contributed by atoms with Crippen LogP contribution in [-0.4, -0.2) is 17.9 Å². The molecule has 6 heteroatoms. The van der Waals surface area contributed by atoms with Crippen molar-refractivity contribution in [2.75, 3.05) is 5.32 Å². The number of hydrogen-bond donors (Lipinski definition) is 2. The molecule has 0 spiro atoms. The van der Waals surface area contributed by atoms with E-state index in [0.717, 1.165) is 5.56 Å². The number of amides is 2. The third kappa shape index (κ3) is 5.93. The molecule has 0 aliphatic carbocycles. The molecular weight excluding hydrogens is 359 g/mol. The molecule has 2 aromatic rings. The highest BCUT2D eigenvalue weighted by atomic mass is 35.5. The van der Waals surface area contributed by atoms with Gasteiger partial charge in [-0.1, -0.05) is 35.3 Å². The first kappa shape index (κ1) is 19.0. The van der Waals surface area contributed by atoms with Crippen molar-refractivity contribution in [2.45, 2.75) is 19.9 Å². The molecular formula is C19H18Cl2N2O2. The van der Waals surface area contributed by atoms with Gasteiger partial charge in [0.15, 0.2) is 0 Å². The van der Waals surface area contributed by atoms with E-state index in [9.17, 15) is 9.59 Å². The number of halogens is 2. The van der Waals surface area contributed by atoms with Crippen LogP contribution in [0.1, 0.15) is 29.8 Å². The van der Waals surface area contributed by atoms with Gasteiger partial charge in [0.25, 0.3) is 5.91 Å². The molecule has 2 rings (SSSR count). The van der Waals surface area contributed by atoms with Gasteiger partial charge in [-0.05, 0) is 55.8 Å². The van der Waals surface area contributed by atoms with Gasteiger partial charge >= 0.3 is 0 Å². The lowest BCUT2D eigenvalue weighted by molar-refractivity contribution is -0.111. The Bertz CT molecular complexity index is 817. The highest BCUT2D eigenvalue weighted by molar-refractivity contribution is 6.34. The lowest BCUT2D eigenvalue weighted by atomic mass is 10.1. The largest absolute Gasteiger partial charge is 0.350 e. The van der Waals surface area contributed by atoms with E-state index in [0.29, 0.717) is 21.3 Å². The van der Waals surface area contributed by atoms with Crippen molar-refractivity contribution in [1.29, 1.82) is 0 Å². The summed E-state index contributed by atoms with van der Waals surface area (Å²) in [5.41, 5.74) is 1.60. The van der Waals surface area contributed by atoms with Crippen molar-refractivity contribution in [1.82, 2.24) is 5.32 Å². The topological polar surface area (TPSA) is 58.2 Å². The molecule has 0 saturated heterocycles. The summed E-state index contributed by atoms with van der Waals surface area (Å²) in [6.07, 6.45) is 3.02. The van der Waals surface area contributed by atoms with Crippen LogP contribution in [0.2, 0.25) is 10.0 Å². The van der Waals surface area contributed by atoms with E-state index in [2.05, 4.69) is 10.6 Å². The van der Waals surface area contributed by atoms with Crippen LogP contribution >= 0.6 is 23.2 Å². The number of benzene rings is 2. The normalized spacial score (nSPS) is 10.9. The van der Waals surface area contributed by atoms with Gasteiger partial charge in [0.2, 0.25) is 5.91 Å². The summed E-state index contributed by atoms with van der Waals surface area (Å²) in [6, 6.07) is 11.9. The highest BCUT2D eigenvalue weighted by Crippen LogP contribution is 2.23. The quantitative estimate of drug-likeness (QED) is 0.737. The molecule has 2 aromatic carbocycles. The van der Waals surface area contributed by atoms with Crippen LogP contribution in [0.25, 0.3) is 6.08 Å². The predicted octanol–water partition coefficient (Wildman–Crippen LogP) is 4.78. The summed E-state index contributed by atoms with van der Waals surface area (Å²) in [5.74, 6) is -0.583. The fourth-order valence-corrected chi connectivity index (χ4v) is 2.43. The summed E-state index contributed by atoms with van der Waals surface area (Å²) in [4.78, 5) is 24.1. The Labute approximate surface area is 156 Å². The van der Waals surface area contributed by atoms with E-state index in [1.807, 2.05) is 19.9 Å². The van der Waals surface area contributed by atoms with Crippen LogP contribution in [-0.2, 0) is 4.79 Å². The molecule has 2 amide bonds. The zero-order valence-corrected chi connectivity index (χ0v) is 15.4. The molecule has 130 valence electrons. The van der Waals surface area contributed by atoms with Crippen LogP contribution in [0.5, 0.6) is 0 Å². The Morgan fingerprint density at radius 2 is 1.84 bits per heavy atom. The van der Waals surface area contributed by atoms with Crippen LogP contribution in [0.3, 0.4) is 0 Å². The first-order valence-electron chi connectivity index (χ1n) is 7.70. The van der Waals surface area contributed by atoms with E-state index < -0.39 is 0 Å². The van der Waals surface area contributed by atoms with Gasteiger partial charge in [-0.25, -0.2) is 0 Å². The zero-order valence-electron chi connectivity index (χ0n) is 13.8. The van der Waals surface area contributed by atoms with Crippen molar-refractivity contribution >= 4 is 46.8 Å². The lowest BCUT2D eigenvalue weighted by Crippen LogP contribution is -2.30. The van der Waals surface area contributed by atoms with Gasteiger partial charge in [-0.15, -0.1) is 0 Å². The minimum Gasteiger partial charge on any atom is -0.350 e. The van der Waals surface area contributed by atoms with Crippen LogP contribution in [0, 0.1) is 0 Å². The summed E-state index contributed by atoms with van der Waals surface area (Å²) >= 11 is 12.0. The van der Waals surface area contributed by atoms with Gasteiger partial charge in [-0.2, -0.15) is 0 Å². The molecule has 0 heterocycles. The van der Waals surface area contributed by atoms with E-state index >= 15 is 0 Å². The first-order valence-corrected chi connectivity index (χ1v) is 8.46. The molecule has 2 N–H and O–H groups in total. The van der Waals surface area contributed by atoms with Crippen LogP contribution < -0.4 is 10.6 Å². The molecule has 25 heavy (non-hydrogen) atoms. The Kier molecular flexibility index (Phi) is 6.62. The standard InChI is InChI=1S/C19H18Cl2N2O2/c1-12(2)22-19(25)14-7-8-16(21)17(11-14)23-18(24)9-6-13-4-3-5-15(20)10-13/h3-12H,1-2H3,(H,22,25)(H,23,24)/b9-6+. The second-order valence-electron chi connectivity index (χ2n) is 5.70. The summed E-state index contributed by atoms with van der Waals surface area (Å²) in [7, 11) is 0. The second kappa shape index (κ2) is 8.70. The molecule has 0 aliphatic heterocycles. The van der Waals surface area contributed by atoms with E-state index in [4.69, 9.17) is 23.2 Å². The smallest absolute Gasteiger partial charge is 0.251 e. The van der Waals surface area contributed by atoms with E-state index in [1.165, 1.54) is 6.08 Å². The number of anilines is 1. The first-order chi connectivity index (χ1) is 11.8.